The lowest BCUT2D eigenvalue weighted by Gasteiger charge is -2.33. The molecule has 5 nitrogen and oxygen atoms in total. The van der Waals surface area contributed by atoms with Crippen LogP contribution >= 0.6 is 11.6 Å². The van der Waals surface area contributed by atoms with Crippen LogP contribution in [0, 0.1) is 0 Å². The molecule has 0 aromatic carbocycles. The first-order valence-electron chi connectivity index (χ1n) is 5.31. The maximum absolute atomic E-state index is 6.13. The van der Waals surface area contributed by atoms with E-state index in [1.807, 2.05) is 0 Å². The van der Waals surface area contributed by atoms with E-state index < -0.39 is 0 Å². The number of anilines is 2. The molecule has 0 bridgehead atoms. The van der Waals surface area contributed by atoms with Gasteiger partial charge in [-0.25, -0.2) is 10.8 Å². The monoisotopic (exact) mass is 241 g/mol. The van der Waals surface area contributed by atoms with Gasteiger partial charge in [0.05, 0.1) is 6.20 Å². The van der Waals surface area contributed by atoms with Crippen molar-refractivity contribution in [3.63, 3.8) is 0 Å². The van der Waals surface area contributed by atoms with Crippen molar-refractivity contribution in [1.29, 1.82) is 0 Å². The van der Waals surface area contributed by atoms with Gasteiger partial charge < -0.3 is 4.90 Å². The van der Waals surface area contributed by atoms with E-state index in [0.717, 1.165) is 25.2 Å². The van der Waals surface area contributed by atoms with Crippen molar-refractivity contribution in [3.05, 3.63) is 11.2 Å². The minimum absolute atomic E-state index is 0.0872. The van der Waals surface area contributed by atoms with E-state index >= 15 is 0 Å². The Hall–Kier alpha value is -1.07. The van der Waals surface area contributed by atoms with Crippen LogP contribution in [0.5, 0.6) is 0 Å². The second kappa shape index (κ2) is 4.07. The first kappa shape index (κ1) is 11.4. The number of aromatic nitrogens is 2. The van der Waals surface area contributed by atoms with Crippen molar-refractivity contribution in [2.24, 2.45) is 5.84 Å². The highest BCUT2D eigenvalue weighted by Crippen LogP contribution is 2.36. The SMILES string of the molecule is CC1(C)CCCN1c1nc(NN)ncc1Cl. The Labute approximate surface area is 100.0 Å². The third-order valence-electron chi connectivity index (χ3n) is 3.01. The molecule has 3 N–H and O–H groups in total. The smallest absolute Gasteiger partial charge is 0.239 e. The first-order valence-corrected chi connectivity index (χ1v) is 5.69. The van der Waals surface area contributed by atoms with Gasteiger partial charge in [0.2, 0.25) is 5.95 Å². The molecule has 1 fully saturated rings. The fourth-order valence-corrected chi connectivity index (χ4v) is 2.31. The summed E-state index contributed by atoms with van der Waals surface area (Å²) in [5.74, 6) is 6.45. The summed E-state index contributed by atoms with van der Waals surface area (Å²) in [5.41, 5.74) is 2.53. The summed E-state index contributed by atoms with van der Waals surface area (Å²) in [6.07, 6.45) is 3.87. The van der Waals surface area contributed by atoms with E-state index in [1.54, 1.807) is 6.20 Å². The molecular weight excluding hydrogens is 226 g/mol. The van der Waals surface area contributed by atoms with Gasteiger partial charge in [0, 0.05) is 12.1 Å². The average molecular weight is 242 g/mol. The molecule has 88 valence electrons. The van der Waals surface area contributed by atoms with Gasteiger partial charge in [0.25, 0.3) is 0 Å². The Morgan fingerprint density at radius 2 is 2.31 bits per heavy atom. The van der Waals surface area contributed by atoms with Crippen LogP contribution in [-0.4, -0.2) is 22.1 Å². The van der Waals surface area contributed by atoms with Crippen molar-refractivity contribution < 1.29 is 0 Å². The van der Waals surface area contributed by atoms with Gasteiger partial charge in [-0.2, -0.15) is 4.98 Å². The van der Waals surface area contributed by atoms with Gasteiger partial charge in [0.15, 0.2) is 5.82 Å². The fourth-order valence-electron chi connectivity index (χ4n) is 2.12. The van der Waals surface area contributed by atoms with E-state index in [4.69, 9.17) is 17.4 Å². The van der Waals surface area contributed by atoms with E-state index in [-0.39, 0.29) is 5.54 Å². The predicted octanol–water partition coefficient (Wildman–Crippen LogP) is 1.79. The molecule has 0 spiro atoms. The Kier molecular flexibility index (Phi) is 2.90. The molecule has 0 amide bonds. The zero-order valence-electron chi connectivity index (χ0n) is 9.50. The molecule has 0 radical (unpaired) electrons. The summed E-state index contributed by atoms with van der Waals surface area (Å²) >= 11 is 6.13. The molecule has 16 heavy (non-hydrogen) atoms. The Morgan fingerprint density at radius 3 is 2.88 bits per heavy atom. The number of rotatable bonds is 2. The summed E-state index contributed by atoms with van der Waals surface area (Å²) in [6, 6.07) is 0. The van der Waals surface area contributed by atoms with E-state index in [1.165, 1.54) is 0 Å². The predicted molar refractivity (Wildman–Crippen MR) is 65.5 cm³/mol. The van der Waals surface area contributed by atoms with E-state index in [0.29, 0.717) is 11.0 Å². The van der Waals surface area contributed by atoms with Gasteiger partial charge in [-0.3, -0.25) is 5.43 Å². The summed E-state index contributed by atoms with van der Waals surface area (Å²) in [7, 11) is 0. The quantitative estimate of drug-likeness (QED) is 0.611. The molecule has 6 heteroatoms. The zero-order chi connectivity index (χ0) is 11.8. The van der Waals surface area contributed by atoms with Gasteiger partial charge in [-0.15, -0.1) is 0 Å². The van der Waals surface area contributed by atoms with E-state index in [2.05, 4.69) is 34.1 Å². The minimum Gasteiger partial charge on any atom is -0.350 e. The molecule has 2 rings (SSSR count). The van der Waals surface area contributed by atoms with Gasteiger partial charge in [-0.1, -0.05) is 11.6 Å². The molecule has 0 aliphatic carbocycles. The topological polar surface area (TPSA) is 67.1 Å². The summed E-state index contributed by atoms with van der Waals surface area (Å²) < 4.78 is 0. The van der Waals surface area contributed by atoms with Crippen molar-refractivity contribution in [2.45, 2.75) is 32.2 Å². The van der Waals surface area contributed by atoms with Crippen LogP contribution in [0.15, 0.2) is 6.20 Å². The third kappa shape index (κ3) is 1.92. The second-order valence-corrected chi connectivity index (χ2v) is 4.98. The summed E-state index contributed by atoms with van der Waals surface area (Å²) in [6.45, 7) is 5.34. The summed E-state index contributed by atoms with van der Waals surface area (Å²) in [5, 5.41) is 0.564. The molecule has 1 aliphatic heterocycles. The van der Waals surface area contributed by atoms with Crippen LogP contribution in [0.1, 0.15) is 26.7 Å². The van der Waals surface area contributed by atoms with Crippen LogP contribution in [0.25, 0.3) is 0 Å². The Morgan fingerprint density at radius 1 is 1.56 bits per heavy atom. The average Bonchev–Trinajstić information content (AvgIpc) is 2.59. The normalized spacial score (nSPS) is 18.9. The number of hydrogen-bond acceptors (Lipinski definition) is 5. The molecule has 0 unspecified atom stereocenters. The lowest BCUT2D eigenvalue weighted by Crippen LogP contribution is -2.39. The minimum atomic E-state index is 0.0872. The largest absolute Gasteiger partial charge is 0.350 e. The van der Waals surface area contributed by atoms with Crippen LogP contribution in [0.3, 0.4) is 0 Å². The number of halogens is 1. The van der Waals surface area contributed by atoms with Gasteiger partial charge >= 0.3 is 0 Å². The molecule has 2 heterocycles. The Balaban J connectivity index is 2.39. The second-order valence-electron chi connectivity index (χ2n) is 4.58. The molecule has 0 atom stereocenters. The van der Waals surface area contributed by atoms with Crippen LogP contribution in [0.2, 0.25) is 5.02 Å². The first-order chi connectivity index (χ1) is 7.54. The standard InChI is InChI=1S/C10H16ClN5/c1-10(2)4-3-5-16(10)8-7(11)6-13-9(14-8)15-12/h6H,3-5,12H2,1-2H3,(H,13,14,15). The van der Waals surface area contributed by atoms with Crippen LogP contribution < -0.4 is 16.2 Å². The molecule has 1 aromatic heterocycles. The maximum Gasteiger partial charge on any atom is 0.239 e. The number of nitrogen functional groups attached to an aromatic ring is 1. The molecule has 1 aliphatic rings. The number of nitrogens with two attached hydrogens (primary N) is 1. The maximum atomic E-state index is 6.13. The van der Waals surface area contributed by atoms with Crippen molar-refractivity contribution in [2.75, 3.05) is 16.9 Å². The van der Waals surface area contributed by atoms with Crippen molar-refractivity contribution >= 4 is 23.4 Å². The van der Waals surface area contributed by atoms with E-state index in [9.17, 15) is 0 Å². The van der Waals surface area contributed by atoms with Crippen LogP contribution in [-0.2, 0) is 0 Å². The zero-order valence-corrected chi connectivity index (χ0v) is 10.3. The molecule has 1 saturated heterocycles. The van der Waals surface area contributed by atoms with Crippen molar-refractivity contribution in [3.8, 4) is 0 Å². The number of nitrogens with one attached hydrogen (secondary N) is 1. The van der Waals surface area contributed by atoms with Crippen LogP contribution in [0.4, 0.5) is 11.8 Å². The van der Waals surface area contributed by atoms with Gasteiger partial charge in [-0.05, 0) is 26.7 Å². The number of hydrogen-bond donors (Lipinski definition) is 2. The highest BCUT2D eigenvalue weighted by molar-refractivity contribution is 6.32. The number of nitrogens with zero attached hydrogens (tertiary/aromatic N) is 3. The van der Waals surface area contributed by atoms with Crippen molar-refractivity contribution in [1.82, 2.24) is 9.97 Å². The van der Waals surface area contributed by atoms with Gasteiger partial charge in [0.1, 0.15) is 5.02 Å². The lowest BCUT2D eigenvalue weighted by atomic mass is 10.0. The highest BCUT2D eigenvalue weighted by atomic mass is 35.5. The Bertz CT molecular complexity index is 393. The summed E-state index contributed by atoms with van der Waals surface area (Å²) in [4.78, 5) is 10.5. The fraction of sp³-hybridized carbons (Fsp3) is 0.600. The third-order valence-corrected chi connectivity index (χ3v) is 3.28. The highest BCUT2D eigenvalue weighted by Gasteiger charge is 2.34. The lowest BCUT2D eigenvalue weighted by molar-refractivity contribution is 0.514. The molecule has 0 saturated carbocycles. The molecular formula is C10H16ClN5. The number of hydrazine groups is 1. The molecule has 1 aromatic rings.